The zero-order chi connectivity index (χ0) is 10.1. The first-order chi connectivity index (χ1) is 7.45. The fourth-order valence-electron chi connectivity index (χ4n) is 1.75. The van der Waals surface area contributed by atoms with Crippen LogP contribution >= 0.6 is 11.3 Å². The first kappa shape index (κ1) is 8.62. The highest BCUT2D eigenvalue weighted by atomic mass is 32.1. The highest BCUT2D eigenvalue weighted by molar-refractivity contribution is 7.08. The van der Waals surface area contributed by atoms with Gasteiger partial charge >= 0.3 is 0 Å². The Kier molecular flexibility index (Phi) is 2.00. The van der Waals surface area contributed by atoms with Crippen molar-refractivity contribution in [1.29, 1.82) is 0 Å². The summed E-state index contributed by atoms with van der Waals surface area (Å²) >= 11 is 1.72. The van der Waals surface area contributed by atoms with Gasteiger partial charge < -0.3 is 0 Å². The van der Waals surface area contributed by atoms with Crippen LogP contribution in [-0.4, -0.2) is 4.98 Å². The lowest BCUT2D eigenvalue weighted by atomic mass is 10.1. The Morgan fingerprint density at radius 1 is 1.00 bits per heavy atom. The Morgan fingerprint density at radius 3 is 2.80 bits per heavy atom. The van der Waals surface area contributed by atoms with Gasteiger partial charge in [-0.05, 0) is 28.5 Å². The average molecular weight is 211 g/mol. The first-order valence-corrected chi connectivity index (χ1v) is 5.76. The predicted octanol–water partition coefficient (Wildman–Crippen LogP) is 3.96. The van der Waals surface area contributed by atoms with Crippen molar-refractivity contribution in [2.45, 2.75) is 0 Å². The molecule has 3 aromatic rings. The van der Waals surface area contributed by atoms with Gasteiger partial charge in [-0.2, -0.15) is 11.3 Å². The minimum Gasteiger partial charge on any atom is -0.256 e. The molecule has 2 heterocycles. The third-order valence-electron chi connectivity index (χ3n) is 2.46. The summed E-state index contributed by atoms with van der Waals surface area (Å²) in [5.74, 6) is 0. The molecule has 0 spiro atoms. The zero-order valence-electron chi connectivity index (χ0n) is 8.05. The van der Waals surface area contributed by atoms with Gasteiger partial charge in [-0.15, -0.1) is 0 Å². The molecular weight excluding hydrogens is 202 g/mol. The van der Waals surface area contributed by atoms with Gasteiger partial charge in [-0.3, -0.25) is 4.98 Å². The summed E-state index contributed by atoms with van der Waals surface area (Å²) in [5, 5.41) is 5.45. The van der Waals surface area contributed by atoms with E-state index in [1.54, 1.807) is 11.3 Å². The molecule has 0 bridgehead atoms. The topological polar surface area (TPSA) is 12.9 Å². The van der Waals surface area contributed by atoms with Gasteiger partial charge in [0.25, 0.3) is 0 Å². The summed E-state index contributed by atoms with van der Waals surface area (Å²) < 4.78 is 0. The molecule has 0 N–H and O–H groups in total. The quantitative estimate of drug-likeness (QED) is 0.593. The second-order valence-electron chi connectivity index (χ2n) is 3.39. The monoisotopic (exact) mass is 211 g/mol. The number of hydrogen-bond donors (Lipinski definition) is 0. The molecule has 72 valence electrons. The maximum atomic E-state index is 4.44. The van der Waals surface area contributed by atoms with E-state index in [0.717, 1.165) is 5.52 Å². The fraction of sp³-hybridized carbons (Fsp3) is 0. The Labute approximate surface area is 92.0 Å². The molecule has 3 rings (SSSR count). The molecule has 0 saturated heterocycles. The molecule has 2 aromatic heterocycles. The van der Waals surface area contributed by atoms with Crippen LogP contribution in [0.1, 0.15) is 0 Å². The molecule has 0 unspecified atom stereocenters. The van der Waals surface area contributed by atoms with Crippen LogP contribution in [-0.2, 0) is 0 Å². The third-order valence-corrected chi connectivity index (χ3v) is 3.15. The van der Waals surface area contributed by atoms with Crippen molar-refractivity contribution in [3.8, 4) is 11.1 Å². The molecule has 0 atom stereocenters. The molecule has 1 nitrogen and oxygen atoms in total. The standard InChI is InChI=1S/C13H9NS/c1-3-10-4-2-7-14-13(10)12(5-1)11-6-8-15-9-11/h1-9H. The summed E-state index contributed by atoms with van der Waals surface area (Å²) in [6, 6.07) is 12.5. The second kappa shape index (κ2) is 3.48. The Morgan fingerprint density at radius 2 is 1.93 bits per heavy atom. The number of hydrogen-bond acceptors (Lipinski definition) is 2. The van der Waals surface area contributed by atoms with Crippen LogP contribution in [0.15, 0.2) is 53.4 Å². The van der Waals surface area contributed by atoms with Crippen molar-refractivity contribution in [2.75, 3.05) is 0 Å². The van der Waals surface area contributed by atoms with Gasteiger partial charge in [-0.25, -0.2) is 0 Å². The van der Waals surface area contributed by atoms with Crippen molar-refractivity contribution >= 4 is 22.2 Å². The van der Waals surface area contributed by atoms with Crippen molar-refractivity contribution in [3.63, 3.8) is 0 Å². The summed E-state index contributed by atoms with van der Waals surface area (Å²) in [5.41, 5.74) is 3.55. The smallest absolute Gasteiger partial charge is 0.0780 e. The van der Waals surface area contributed by atoms with Crippen LogP contribution in [0.25, 0.3) is 22.0 Å². The minimum absolute atomic E-state index is 1.08. The van der Waals surface area contributed by atoms with Crippen molar-refractivity contribution in [2.24, 2.45) is 0 Å². The van der Waals surface area contributed by atoms with Gasteiger partial charge in [0.05, 0.1) is 5.52 Å². The lowest BCUT2D eigenvalue weighted by molar-refractivity contribution is 1.41. The minimum atomic E-state index is 1.08. The molecule has 2 heteroatoms. The number of benzene rings is 1. The SMILES string of the molecule is c1cnc2c(-c3ccsc3)cccc2c1. The molecule has 0 saturated carbocycles. The Hall–Kier alpha value is -1.67. The van der Waals surface area contributed by atoms with E-state index in [2.05, 4.69) is 46.1 Å². The fourth-order valence-corrected chi connectivity index (χ4v) is 2.41. The molecule has 1 aromatic carbocycles. The number of fused-ring (bicyclic) bond motifs is 1. The number of nitrogens with zero attached hydrogens (tertiary/aromatic N) is 1. The Balaban J connectivity index is 2.36. The summed E-state index contributed by atoms with van der Waals surface area (Å²) in [7, 11) is 0. The van der Waals surface area contributed by atoms with Gasteiger partial charge in [0.15, 0.2) is 0 Å². The molecule has 0 fully saturated rings. The molecular formula is C13H9NS. The van der Waals surface area contributed by atoms with E-state index in [9.17, 15) is 0 Å². The van der Waals surface area contributed by atoms with Crippen LogP contribution in [0.5, 0.6) is 0 Å². The Bertz CT molecular complexity index is 579. The van der Waals surface area contributed by atoms with Crippen LogP contribution < -0.4 is 0 Å². The van der Waals surface area contributed by atoms with Crippen molar-refractivity contribution in [1.82, 2.24) is 4.98 Å². The van der Waals surface area contributed by atoms with E-state index in [1.807, 2.05) is 12.3 Å². The maximum absolute atomic E-state index is 4.44. The molecule has 0 aliphatic rings. The summed E-state index contributed by atoms with van der Waals surface area (Å²) in [6.07, 6.45) is 1.85. The summed E-state index contributed by atoms with van der Waals surface area (Å²) in [4.78, 5) is 4.44. The predicted molar refractivity (Wildman–Crippen MR) is 65.1 cm³/mol. The molecule has 0 aliphatic heterocycles. The normalized spacial score (nSPS) is 10.7. The van der Waals surface area contributed by atoms with E-state index < -0.39 is 0 Å². The van der Waals surface area contributed by atoms with Crippen molar-refractivity contribution in [3.05, 3.63) is 53.4 Å². The van der Waals surface area contributed by atoms with Gasteiger partial charge in [-0.1, -0.05) is 24.3 Å². The lowest BCUT2D eigenvalue weighted by Crippen LogP contribution is -1.81. The first-order valence-electron chi connectivity index (χ1n) is 4.81. The van der Waals surface area contributed by atoms with Gasteiger partial charge in [0.2, 0.25) is 0 Å². The second-order valence-corrected chi connectivity index (χ2v) is 4.17. The largest absolute Gasteiger partial charge is 0.256 e. The molecule has 15 heavy (non-hydrogen) atoms. The molecule has 0 radical (unpaired) electrons. The molecule has 0 amide bonds. The highest BCUT2D eigenvalue weighted by Crippen LogP contribution is 2.28. The van der Waals surface area contributed by atoms with E-state index >= 15 is 0 Å². The van der Waals surface area contributed by atoms with E-state index in [-0.39, 0.29) is 0 Å². The highest BCUT2D eigenvalue weighted by Gasteiger charge is 2.03. The zero-order valence-corrected chi connectivity index (χ0v) is 8.87. The van der Waals surface area contributed by atoms with Gasteiger partial charge in [0.1, 0.15) is 0 Å². The summed E-state index contributed by atoms with van der Waals surface area (Å²) in [6.45, 7) is 0. The maximum Gasteiger partial charge on any atom is 0.0780 e. The average Bonchev–Trinajstić information content (AvgIpc) is 2.82. The third kappa shape index (κ3) is 1.43. The van der Waals surface area contributed by atoms with E-state index in [0.29, 0.717) is 0 Å². The van der Waals surface area contributed by atoms with Crippen LogP contribution in [0.2, 0.25) is 0 Å². The van der Waals surface area contributed by atoms with Gasteiger partial charge in [0, 0.05) is 17.1 Å². The van der Waals surface area contributed by atoms with E-state index in [4.69, 9.17) is 0 Å². The lowest BCUT2D eigenvalue weighted by Gasteiger charge is -2.02. The van der Waals surface area contributed by atoms with E-state index in [1.165, 1.54) is 16.5 Å². The van der Waals surface area contributed by atoms with Crippen LogP contribution in [0.4, 0.5) is 0 Å². The van der Waals surface area contributed by atoms with Crippen LogP contribution in [0, 0.1) is 0 Å². The number of pyridine rings is 1. The van der Waals surface area contributed by atoms with Crippen LogP contribution in [0.3, 0.4) is 0 Å². The molecule has 0 aliphatic carbocycles. The number of rotatable bonds is 1. The number of para-hydroxylation sites is 1. The van der Waals surface area contributed by atoms with Crippen molar-refractivity contribution < 1.29 is 0 Å². The number of aromatic nitrogens is 1. The number of thiophene rings is 1.